The molecule has 1 aliphatic heterocycles. The number of ether oxygens (including phenoxy) is 1. The first-order valence-electron chi connectivity index (χ1n) is 7.13. The van der Waals surface area contributed by atoms with Crippen LogP contribution in [0.5, 0.6) is 5.75 Å². The van der Waals surface area contributed by atoms with Crippen molar-refractivity contribution in [1.29, 1.82) is 0 Å². The number of nitrogens with one attached hydrogen (secondary N) is 1. The normalized spacial score (nSPS) is 15.5. The van der Waals surface area contributed by atoms with E-state index in [1.807, 2.05) is 19.2 Å². The molecule has 1 heterocycles. The Kier molecular flexibility index (Phi) is 7.63. The molecule has 0 bridgehead atoms. The summed E-state index contributed by atoms with van der Waals surface area (Å²) >= 11 is 0. The monoisotopic (exact) mass is 404 g/mol. The van der Waals surface area contributed by atoms with E-state index < -0.39 is 0 Å². The summed E-state index contributed by atoms with van der Waals surface area (Å²) in [6.45, 7) is 7.01. The van der Waals surface area contributed by atoms with Gasteiger partial charge in [-0.15, -0.1) is 24.0 Å². The SMILES string of the molecule is CCNC(=NC)N1CCN(c2ccc(OC)cc2)CC1.I. The molecule has 2 rings (SSSR count). The Bertz CT molecular complexity index is 441. The van der Waals surface area contributed by atoms with Crippen LogP contribution < -0.4 is 15.0 Å². The van der Waals surface area contributed by atoms with E-state index >= 15 is 0 Å². The maximum absolute atomic E-state index is 5.20. The van der Waals surface area contributed by atoms with Gasteiger partial charge in [-0.25, -0.2) is 0 Å². The number of hydrogen-bond acceptors (Lipinski definition) is 3. The third-order valence-electron chi connectivity index (χ3n) is 3.56. The lowest BCUT2D eigenvalue weighted by Gasteiger charge is -2.37. The molecule has 0 saturated carbocycles. The highest BCUT2D eigenvalue weighted by Crippen LogP contribution is 2.20. The van der Waals surface area contributed by atoms with Crippen LogP contribution in [0.4, 0.5) is 5.69 Å². The fourth-order valence-electron chi connectivity index (χ4n) is 2.46. The summed E-state index contributed by atoms with van der Waals surface area (Å²) in [4.78, 5) is 9.03. The van der Waals surface area contributed by atoms with Gasteiger partial charge in [0.25, 0.3) is 0 Å². The van der Waals surface area contributed by atoms with Crippen LogP contribution >= 0.6 is 24.0 Å². The van der Waals surface area contributed by atoms with Crippen molar-refractivity contribution in [1.82, 2.24) is 10.2 Å². The molecule has 1 aliphatic rings. The zero-order valence-electron chi connectivity index (χ0n) is 13.0. The molecule has 1 aromatic rings. The molecule has 0 amide bonds. The quantitative estimate of drug-likeness (QED) is 0.476. The van der Waals surface area contributed by atoms with Gasteiger partial charge >= 0.3 is 0 Å². The van der Waals surface area contributed by atoms with Crippen LogP contribution in [0.1, 0.15) is 6.92 Å². The van der Waals surface area contributed by atoms with Gasteiger partial charge < -0.3 is 19.9 Å². The molecule has 118 valence electrons. The number of guanidine groups is 1. The fourth-order valence-corrected chi connectivity index (χ4v) is 2.46. The van der Waals surface area contributed by atoms with Crippen LogP contribution in [0.3, 0.4) is 0 Å². The number of piperazine rings is 1. The third kappa shape index (κ3) is 4.66. The van der Waals surface area contributed by atoms with E-state index in [0.717, 1.165) is 44.4 Å². The van der Waals surface area contributed by atoms with E-state index in [0.29, 0.717) is 0 Å². The maximum atomic E-state index is 5.20. The van der Waals surface area contributed by atoms with Gasteiger partial charge in [0.1, 0.15) is 5.75 Å². The molecule has 1 aromatic carbocycles. The molecule has 0 radical (unpaired) electrons. The maximum Gasteiger partial charge on any atom is 0.193 e. The second kappa shape index (κ2) is 8.96. The number of benzene rings is 1. The topological polar surface area (TPSA) is 40.1 Å². The molecule has 0 aliphatic carbocycles. The van der Waals surface area contributed by atoms with Gasteiger partial charge in [0.2, 0.25) is 0 Å². The van der Waals surface area contributed by atoms with Crippen LogP contribution in [-0.2, 0) is 0 Å². The number of hydrogen-bond donors (Lipinski definition) is 1. The number of rotatable bonds is 3. The van der Waals surface area contributed by atoms with Gasteiger partial charge in [-0.2, -0.15) is 0 Å². The number of aliphatic imine (C=N–C) groups is 1. The zero-order chi connectivity index (χ0) is 14.4. The molecule has 5 nitrogen and oxygen atoms in total. The first kappa shape index (κ1) is 17.9. The lowest BCUT2D eigenvalue weighted by Crippen LogP contribution is -2.52. The molecule has 1 saturated heterocycles. The molecule has 0 atom stereocenters. The highest BCUT2D eigenvalue weighted by atomic mass is 127. The van der Waals surface area contributed by atoms with Gasteiger partial charge in [-0.05, 0) is 31.2 Å². The predicted molar refractivity (Wildman–Crippen MR) is 99.2 cm³/mol. The van der Waals surface area contributed by atoms with Crippen LogP contribution in [0.2, 0.25) is 0 Å². The van der Waals surface area contributed by atoms with Crippen molar-refractivity contribution < 1.29 is 4.74 Å². The summed E-state index contributed by atoms with van der Waals surface area (Å²) in [5.41, 5.74) is 1.25. The van der Waals surface area contributed by atoms with Crippen LogP contribution in [0.15, 0.2) is 29.3 Å². The Morgan fingerprint density at radius 1 is 1.19 bits per heavy atom. The van der Waals surface area contributed by atoms with Gasteiger partial charge in [-0.1, -0.05) is 0 Å². The molecule has 0 unspecified atom stereocenters. The van der Waals surface area contributed by atoms with Crippen molar-refractivity contribution in [3.63, 3.8) is 0 Å². The minimum atomic E-state index is 0. The fraction of sp³-hybridized carbons (Fsp3) is 0.533. The van der Waals surface area contributed by atoms with Gasteiger partial charge in [0.05, 0.1) is 7.11 Å². The Labute approximate surface area is 144 Å². The van der Waals surface area contributed by atoms with E-state index in [4.69, 9.17) is 4.74 Å². The molecular weight excluding hydrogens is 379 g/mol. The lowest BCUT2D eigenvalue weighted by molar-refractivity contribution is 0.373. The number of methoxy groups -OCH3 is 1. The lowest BCUT2D eigenvalue weighted by atomic mass is 10.2. The molecule has 1 fully saturated rings. The minimum Gasteiger partial charge on any atom is -0.497 e. The first-order valence-corrected chi connectivity index (χ1v) is 7.13. The summed E-state index contributed by atoms with van der Waals surface area (Å²) in [6.07, 6.45) is 0. The van der Waals surface area contributed by atoms with E-state index in [-0.39, 0.29) is 24.0 Å². The van der Waals surface area contributed by atoms with Crippen molar-refractivity contribution in [3.05, 3.63) is 24.3 Å². The van der Waals surface area contributed by atoms with E-state index in [1.165, 1.54) is 5.69 Å². The number of anilines is 1. The van der Waals surface area contributed by atoms with Gasteiger partial charge in [0.15, 0.2) is 5.96 Å². The first-order chi connectivity index (χ1) is 9.78. The Balaban J connectivity index is 0.00000220. The Hall–Kier alpha value is -1.18. The number of halogens is 1. The highest BCUT2D eigenvalue weighted by Gasteiger charge is 2.19. The van der Waals surface area contributed by atoms with Gasteiger partial charge in [-0.3, -0.25) is 4.99 Å². The van der Waals surface area contributed by atoms with Crippen molar-refractivity contribution in [3.8, 4) is 5.75 Å². The smallest absolute Gasteiger partial charge is 0.193 e. The summed E-state index contributed by atoms with van der Waals surface area (Å²) in [7, 11) is 3.54. The van der Waals surface area contributed by atoms with E-state index in [9.17, 15) is 0 Å². The molecule has 0 spiro atoms. The largest absolute Gasteiger partial charge is 0.497 e. The second-order valence-corrected chi connectivity index (χ2v) is 4.75. The second-order valence-electron chi connectivity index (χ2n) is 4.75. The minimum absolute atomic E-state index is 0. The third-order valence-corrected chi connectivity index (χ3v) is 3.56. The summed E-state index contributed by atoms with van der Waals surface area (Å²) in [5.74, 6) is 1.90. The van der Waals surface area contributed by atoms with Crippen LogP contribution in [0, 0.1) is 0 Å². The van der Waals surface area contributed by atoms with Crippen molar-refractivity contribution in [2.24, 2.45) is 4.99 Å². The average Bonchev–Trinajstić information content (AvgIpc) is 2.53. The van der Waals surface area contributed by atoms with Crippen molar-refractivity contribution in [2.75, 3.05) is 51.8 Å². The highest BCUT2D eigenvalue weighted by molar-refractivity contribution is 14.0. The summed E-state index contributed by atoms with van der Waals surface area (Å²) < 4.78 is 5.20. The zero-order valence-corrected chi connectivity index (χ0v) is 15.3. The molecule has 21 heavy (non-hydrogen) atoms. The van der Waals surface area contributed by atoms with Crippen molar-refractivity contribution >= 4 is 35.6 Å². The standard InChI is InChI=1S/C15H24N4O.HI/c1-4-17-15(16-2)19-11-9-18(10-12-19)13-5-7-14(20-3)8-6-13;/h5-8H,4,9-12H2,1-3H3,(H,16,17);1H. The summed E-state index contributed by atoms with van der Waals surface area (Å²) in [6, 6.07) is 8.26. The summed E-state index contributed by atoms with van der Waals surface area (Å²) in [5, 5.41) is 3.31. The molecule has 6 heteroatoms. The van der Waals surface area contributed by atoms with E-state index in [2.05, 4.69) is 39.2 Å². The van der Waals surface area contributed by atoms with Crippen LogP contribution in [-0.4, -0.2) is 57.7 Å². The van der Waals surface area contributed by atoms with Crippen LogP contribution in [0.25, 0.3) is 0 Å². The predicted octanol–water partition coefficient (Wildman–Crippen LogP) is 2.03. The van der Waals surface area contributed by atoms with E-state index in [1.54, 1.807) is 7.11 Å². The Morgan fingerprint density at radius 2 is 1.81 bits per heavy atom. The number of nitrogens with zero attached hydrogens (tertiary/aromatic N) is 3. The Morgan fingerprint density at radius 3 is 2.29 bits per heavy atom. The molecule has 1 N–H and O–H groups in total. The molecular formula is C15H25IN4O. The van der Waals surface area contributed by atoms with Crippen molar-refractivity contribution in [2.45, 2.75) is 6.92 Å². The average molecular weight is 404 g/mol. The molecule has 0 aromatic heterocycles. The van der Waals surface area contributed by atoms with Gasteiger partial charge in [0, 0.05) is 45.5 Å².